The van der Waals surface area contributed by atoms with Gasteiger partial charge in [-0.05, 0) is 6.07 Å². The molecule has 3 nitrogen and oxygen atoms in total. The number of halogens is 1. The molecule has 0 saturated carbocycles. The summed E-state index contributed by atoms with van der Waals surface area (Å²) < 4.78 is 1.15. The third-order valence-electron chi connectivity index (χ3n) is 2.59. The summed E-state index contributed by atoms with van der Waals surface area (Å²) in [5.74, 6) is 0. The van der Waals surface area contributed by atoms with E-state index < -0.39 is 0 Å². The van der Waals surface area contributed by atoms with Gasteiger partial charge in [-0.25, -0.2) is 0 Å². The zero-order valence-corrected chi connectivity index (χ0v) is 10.8. The van der Waals surface area contributed by atoms with Gasteiger partial charge in [-0.15, -0.1) is 11.3 Å². The van der Waals surface area contributed by atoms with E-state index in [1.165, 1.54) is 0 Å². The zero-order valence-electron chi connectivity index (χ0n) is 9.19. The molecule has 92 valence electrons. The van der Waals surface area contributed by atoms with Gasteiger partial charge >= 0.3 is 0 Å². The molecule has 17 heavy (non-hydrogen) atoms. The first kappa shape index (κ1) is 12.8. The third kappa shape index (κ3) is 2.78. The van der Waals surface area contributed by atoms with Crippen LogP contribution in [0.3, 0.4) is 0 Å². The highest BCUT2D eigenvalue weighted by atomic mass is 35.5. The van der Waals surface area contributed by atoms with Gasteiger partial charge in [0, 0.05) is 21.5 Å². The number of hydrogen-bond donors (Lipinski definition) is 3. The summed E-state index contributed by atoms with van der Waals surface area (Å²) in [4.78, 5) is 1.03. The fourth-order valence-electron chi connectivity index (χ4n) is 1.60. The van der Waals surface area contributed by atoms with Crippen LogP contribution in [0.25, 0.3) is 10.1 Å². The molecule has 2 aromatic rings. The summed E-state index contributed by atoms with van der Waals surface area (Å²) in [6.07, 6.45) is 0. The molecule has 2 rings (SSSR count). The van der Waals surface area contributed by atoms with Gasteiger partial charge in [0.15, 0.2) is 0 Å². The van der Waals surface area contributed by atoms with Gasteiger partial charge in [0.1, 0.15) is 0 Å². The second-order valence-electron chi connectivity index (χ2n) is 3.78. The molecule has 0 radical (unpaired) electrons. The largest absolute Gasteiger partial charge is 0.395 e. The molecular weight excluding hydrogens is 258 g/mol. The van der Waals surface area contributed by atoms with Crippen LogP contribution in [0.15, 0.2) is 24.3 Å². The number of nitrogens with one attached hydrogen (secondary N) is 1. The number of hydrogen-bond acceptors (Lipinski definition) is 4. The lowest BCUT2D eigenvalue weighted by Gasteiger charge is -2.12. The van der Waals surface area contributed by atoms with Crippen molar-refractivity contribution >= 4 is 33.0 Å². The number of benzene rings is 1. The highest BCUT2D eigenvalue weighted by Gasteiger charge is 2.11. The molecule has 0 aliphatic rings. The van der Waals surface area contributed by atoms with E-state index in [4.69, 9.17) is 21.8 Å². The molecule has 5 heteroatoms. The topological polar surface area (TPSA) is 52.5 Å². The first-order valence-electron chi connectivity index (χ1n) is 5.37. The van der Waals surface area contributed by atoms with E-state index in [2.05, 4.69) is 5.32 Å². The van der Waals surface area contributed by atoms with Crippen molar-refractivity contribution in [1.82, 2.24) is 5.32 Å². The summed E-state index contributed by atoms with van der Waals surface area (Å²) in [6.45, 7) is 0.391. The summed E-state index contributed by atoms with van der Waals surface area (Å²) in [6, 6.07) is 7.67. The van der Waals surface area contributed by atoms with Crippen molar-refractivity contribution < 1.29 is 10.2 Å². The standard InChI is InChI=1S/C12H14ClNO2S/c13-12-9-3-1-2-4-10(9)17-11(12)5-14-8(6-15)7-16/h1-4,8,14-16H,5-7H2. The van der Waals surface area contributed by atoms with Crippen molar-refractivity contribution in [3.63, 3.8) is 0 Å². The first-order valence-corrected chi connectivity index (χ1v) is 6.56. The molecule has 0 aliphatic heterocycles. The van der Waals surface area contributed by atoms with Crippen LogP contribution in [0.5, 0.6) is 0 Å². The van der Waals surface area contributed by atoms with E-state index in [-0.39, 0.29) is 19.3 Å². The number of aliphatic hydroxyl groups is 2. The van der Waals surface area contributed by atoms with E-state index in [9.17, 15) is 0 Å². The predicted molar refractivity (Wildman–Crippen MR) is 71.6 cm³/mol. The molecule has 0 atom stereocenters. The minimum Gasteiger partial charge on any atom is -0.395 e. The van der Waals surface area contributed by atoms with Crippen LogP contribution < -0.4 is 5.32 Å². The normalized spacial score (nSPS) is 11.5. The molecule has 3 N–H and O–H groups in total. The molecule has 0 aliphatic carbocycles. The molecule has 0 saturated heterocycles. The van der Waals surface area contributed by atoms with Gasteiger partial charge in [-0.2, -0.15) is 0 Å². The highest BCUT2D eigenvalue weighted by molar-refractivity contribution is 7.19. The minimum atomic E-state index is -0.295. The van der Waals surface area contributed by atoms with Gasteiger partial charge < -0.3 is 15.5 Å². The SMILES string of the molecule is OCC(CO)NCc1sc2ccccc2c1Cl. The van der Waals surface area contributed by atoms with Gasteiger partial charge in [-0.1, -0.05) is 29.8 Å². The lowest BCUT2D eigenvalue weighted by atomic mass is 10.2. The van der Waals surface area contributed by atoms with Crippen LogP contribution in [-0.2, 0) is 6.54 Å². The van der Waals surface area contributed by atoms with E-state index in [1.54, 1.807) is 11.3 Å². The summed E-state index contributed by atoms with van der Waals surface area (Å²) in [5.41, 5.74) is 0. The Balaban J connectivity index is 2.16. The maximum Gasteiger partial charge on any atom is 0.0636 e. The Bertz CT molecular complexity index is 496. The third-order valence-corrected chi connectivity index (χ3v) is 4.31. The van der Waals surface area contributed by atoms with Crippen LogP contribution in [0.1, 0.15) is 4.88 Å². The average Bonchev–Trinajstić information content (AvgIpc) is 2.68. The van der Waals surface area contributed by atoms with Gasteiger partial charge in [-0.3, -0.25) is 0 Å². The van der Waals surface area contributed by atoms with Crippen molar-refractivity contribution in [2.75, 3.05) is 13.2 Å². The fraction of sp³-hybridized carbons (Fsp3) is 0.333. The lowest BCUT2D eigenvalue weighted by molar-refractivity contribution is 0.170. The molecule has 0 unspecified atom stereocenters. The zero-order chi connectivity index (χ0) is 12.3. The van der Waals surface area contributed by atoms with Crippen LogP contribution in [0, 0.1) is 0 Å². The molecular formula is C12H14ClNO2S. The van der Waals surface area contributed by atoms with Crippen molar-refractivity contribution in [2.45, 2.75) is 12.6 Å². The number of fused-ring (bicyclic) bond motifs is 1. The number of thiophene rings is 1. The van der Waals surface area contributed by atoms with Crippen LogP contribution in [-0.4, -0.2) is 29.5 Å². The average molecular weight is 272 g/mol. The van der Waals surface area contributed by atoms with Crippen LogP contribution in [0.2, 0.25) is 5.02 Å². The van der Waals surface area contributed by atoms with E-state index in [0.717, 1.165) is 20.0 Å². The summed E-state index contributed by atoms with van der Waals surface area (Å²) >= 11 is 7.90. The Morgan fingerprint density at radius 2 is 1.94 bits per heavy atom. The van der Waals surface area contributed by atoms with Crippen molar-refractivity contribution in [1.29, 1.82) is 0 Å². The smallest absolute Gasteiger partial charge is 0.0636 e. The van der Waals surface area contributed by atoms with E-state index >= 15 is 0 Å². The van der Waals surface area contributed by atoms with Crippen LogP contribution in [0.4, 0.5) is 0 Å². The molecule has 0 bridgehead atoms. The Morgan fingerprint density at radius 1 is 1.24 bits per heavy atom. The van der Waals surface area contributed by atoms with Gasteiger partial charge in [0.2, 0.25) is 0 Å². The first-order chi connectivity index (χ1) is 8.26. The van der Waals surface area contributed by atoms with E-state index in [1.807, 2.05) is 24.3 Å². The second kappa shape index (κ2) is 5.80. The Hall–Kier alpha value is -0.650. The molecule has 0 spiro atoms. The van der Waals surface area contributed by atoms with Crippen molar-refractivity contribution in [3.8, 4) is 0 Å². The monoisotopic (exact) mass is 271 g/mol. The fourth-order valence-corrected chi connectivity index (χ4v) is 3.05. The quantitative estimate of drug-likeness (QED) is 0.780. The predicted octanol–water partition coefficient (Wildman–Crippen LogP) is 2.00. The van der Waals surface area contributed by atoms with Gasteiger partial charge in [0.25, 0.3) is 0 Å². The summed E-state index contributed by atoms with van der Waals surface area (Å²) in [5, 5.41) is 22.8. The van der Waals surface area contributed by atoms with Gasteiger partial charge in [0.05, 0.1) is 24.3 Å². The summed E-state index contributed by atoms with van der Waals surface area (Å²) in [7, 11) is 0. The number of rotatable bonds is 5. The molecule has 1 aromatic carbocycles. The lowest BCUT2D eigenvalue weighted by Crippen LogP contribution is -2.34. The highest BCUT2D eigenvalue weighted by Crippen LogP contribution is 2.34. The molecule has 1 aromatic heterocycles. The van der Waals surface area contributed by atoms with E-state index in [0.29, 0.717) is 6.54 Å². The number of aliphatic hydroxyl groups excluding tert-OH is 2. The maximum atomic E-state index is 8.96. The van der Waals surface area contributed by atoms with Crippen LogP contribution >= 0.6 is 22.9 Å². The van der Waals surface area contributed by atoms with Crippen molar-refractivity contribution in [3.05, 3.63) is 34.2 Å². The maximum absolute atomic E-state index is 8.96. The Labute approximate surface area is 109 Å². The molecule has 0 fully saturated rings. The Morgan fingerprint density at radius 3 is 2.59 bits per heavy atom. The minimum absolute atomic E-state index is 0.0843. The van der Waals surface area contributed by atoms with Crippen molar-refractivity contribution in [2.24, 2.45) is 0 Å². The second-order valence-corrected chi connectivity index (χ2v) is 5.29. The molecule has 1 heterocycles. The Kier molecular flexibility index (Phi) is 4.36. The molecule has 0 amide bonds.